The van der Waals surface area contributed by atoms with Gasteiger partial charge < -0.3 is 14.5 Å². The molecule has 1 unspecified atom stereocenters. The van der Waals surface area contributed by atoms with Gasteiger partial charge in [-0.25, -0.2) is 4.39 Å². The molecule has 3 saturated heterocycles. The average molecular weight is 593 g/mol. The maximum atomic E-state index is 16.8. The molecule has 1 amide bonds. The molecule has 1 saturated carbocycles. The van der Waals surface area contributed by atoms with E-state index < -0.39 is 0 Å². The van der Waals surface area contributed by atoms with Gasteiger partial charge in [-0.2, -0.15) is 15.2 Å². The zero-order valence-electron chi connectivity index (χ0n) is 25.0. The number of nitriles is 1. The number of anilines is 1. The molecule has 4 heterocycles. The van der Waals surface area contributed by atoms with Crippen LogP contribution in [0.2, 0.25) is 0 Å². The molecule has 2 aromatic carbocycles. The Kier molecular flexibility index (Phi) is 6.60. The molecule has 8 rings (SSSR count). The van der Waals surface area contributed by atoms with Crippen molar-refractivity contribution in [1.82, 2.24) is 19.8 Å². The fourth-order valence-corrected chi connectivity index (χ4v) is 8.61. The first-order chi connectivity index (χ1) is 21.5. The highest BCUT2D eigenvalue weighted by molar-refractivity contribution is 5.94. The van der Waals surface area contributed by atoms with Crippen LogP contribution in [0.1, 0.15) is 55.6 Å². The summed E-state index contributed by atoms with van der Waals surface area (Å²) in [6, 6.07) is 12.1. The van der Waals surface area contributed by atoms with Crippen molar-refractivity contribution in [3.63, 3.8) is 0 Å². The summed E-state index contributed by atoms with van der Waals surface area (Å²) in [4.78, 5) is 28.5. The number of nitrogens with zero attached hydrogens (tertiary/aromatic N) is 6. The van der Waals surface area contributed by atoms with Gasteiger partial charge in [0.05, 0.1) is 24.1 Å². The Bertz CT molecular complexity index is 1710. The molecule has 3 atom stereocenters. The summed E-state index contributed by atoms with van der Waals surface area (Å²) in [5, 5.41) is 10.2. The van der Waals surface area contributed by atoms with Crippen LogP contribution in [-0.2, 0) is 11.2 Å². The van der Waals surface area contributed by atoms with E-state index in [2.05, 4.69) is 28.5 Å². The van der Waals surface area contributed by atoms with E-state index in [1.165, 1.54) is 23.6 Å². The first kappa shape index (κ1) is 27.5. The van der Waals surface area contributed by atoms with E-state index in [1.54, 1.807) is 4.90 Å². The fraction of sp³-hybridized carbons (Fsp3) is 0.486. The van der Waals surface area contributed by atoms with E-state index in [1.807, 2.05) is 24.3 Å². The number of piperazine rings is 1. The van der Waals surface area contributed by atoms with Crippen molar-refractivity contribution in [3.05, 3.63) is 59.9 Å². The first-order valence-electron chi connectivity index (χ1n) is 16.0. The second kappa shape index (κ2) is 10.6. The van der Waals surface area contributed by atoms with Crippen LogP contribution in [0.3, 0.4) is 0 Å². The normalized spacial score (nSPS) is 25.0. The number of benzene rings is 2. The lowest BCUT2D eigenvalue weighted by Crippen LogP contribution is -2.55. The van der Waals surface area contributed by atoms with Gasteiger partial charge in [-0.1, -0.05) is 30.8 Å². The fourth-order valence-electron chi connectivity index (χ4n) is 8.61. The van der Waals surface area contributed by atoms with E-state index in [9.17, 15) is 10.1 Å². The number of fused-ring (bicyclic) bond motifs is 5. The van der Waals surface area contributed by atoms with Crippen molar-refractivity contribution < 1.29 is 13.9 Å². The Morgan fingerprint density at radius 3 is 2.77 bits per heavy atom. The molecule has 9 heteroatoms. The van der Waals surface area contributed by atoms with E-state index in [0.717, 1.165) is 50.8 Å². The van der Waals surface area contributed by atoms with Crippen LogP contribution in [0.5, 0.6) is 6.01 Å². The maximum absolute atomic E-state index is 16.8. The van der Waals surface area contributed by atoms with E-state index in [0.29, 0.717) is 54.8 Å². The van der Waals surface area contributed by atoms with Gasteiger partial charge in [0, 0.05) is 30.6 Å². The number of hydrogen-bond donors (Lipinski definition) is 0. The van der Waals surface area contributed by atoms with Gasteiger partial charge in [0.2, 0.25) is 5.91 Å². The minimum Gasteiger partial charge on any atom is -0.461 e. The van der Waals surface area contributed by atoms with E-state index in [4.69, 9.17) is 14.7 Å². The summed E-state index contributed by atoms with van der Waals surface area (Å²) in [6.07, 6.45) is 8.22. The Labute approximate surface area is 257 Å². The number of ether oxygens (including phenoxy) is 1. The molecule has 0 bridgehead atoms. The highest BCUT2D eigenvalue weighted by Gasteiger charge is 2.47. The SMILES string of the molecule is C=CC(=O)N1CCN(c2nc(OCC34CCCN3CCC4)nc3c(F)c(-c4cccc5c4[C@@H]4CC4C5)ccc23)C[C@@H]1CC#N. The molecular weight excluding hydrogens is 555 g/mol. The van der Waals surface area contributed by atoms with Crippen molar-refractivity contribution in [3.8, 4) is 23.2 Å². The Balaban J connectivity index is 1.21. The molecule has 3 aromatic rings. The summed E-state index contributed by atoms with van der Waals surface area (Å²) >= 11 is 0. The smallest absolute Gasteiger partial charge is 0.319 e. The predicted molar refractivity (Wildman–Crippen MR) is 166 cm³/mol. The van der Waals surface area contributed by atoms with Gasteiger partial charge >= 0.3 is 6.01 Å². The van der Waals surface area contributed by atoms with Crippen molar-refractivity contribution in [2.75, 3.05) is 44.2 Å². The second-order valence-electron chi connectivity index (χ2n) is 13.2. The van der Waals surface area contributed by atoms with Gasteiger partial charge in [-0.15, -0.1) is 0 Å². The molecule has 44 heavy (non-hydrogen) atoms. The molecule has 8 nitrogen and oxygen atoms in total. The summed E-state index contributed by atoms with van der Waals surface area (Å²) in [5.41, 5.74) is 4.41. The van der Waals surface area contributed by atoms with Crippen LogP contribution in [0.25, 0.3) is 22.0 Å². The molecule has 0 spiro atoms. The third-order valence-electron chi connectivity index (χ3n) is 10.9. The maximum Gasteiger partial charge on any atom is 0.319 e. The summed E-state index contributed by atoms with van der Waals surface area (Å²) in [7, 11) is 0. The lowest BCUT2D eigenvalue weighted by Gasteiger charge is -2.41. The molecule has 0 radical (unpaired) electrons. The highest BCUT2D eigenvalue weighted by Crippen LogP contribution is 2.58. The standard InChI is InChI=1S/C35H37FN6O2/c1-2-29(43)42-17-16-40(20-24(42)10-13-37)33-27-9-8-26(25-7-3-6-22-18-23-19-28(23)30(22)25)31(36)32(27)38-34(39-33)44-21-35-11-4-14-41(35)15-5-12-35/h2-3,6-9,23-24,28H,1,4-5,10-12,14-21H2/t23?,24-,28+/m0/s1. The predicted octanol–water partition coefficient (Wildman–Crippen LogP) is 5.22. The Hall–Kier alpha value is -4.03. The highest BCUT2D eigenvalue weighted by atomic mass is 19.1. The third-order valence-corrected chi connectivity index (χ3v) is 10.9. The quantitative estimate of drug-likeness (QED) is 0.348. The molecule has 3 aliphatic heterocycles. The summed E-state index contributed by atoms with van der Waals surface area (Å²) in [5.74, 6) is 1.26. The van der Waals surface area contributed by atoms with Crippen LogP contribution in [-0.4, -0.2) is 76.6 Å². The lowest BCUT2D eigenvalue weighted by atomic mass is 9.93. The Morgan fingerprint density at radius 2 is 1.98 bits per heavy atom. The van der Waals surface area contributed by atoms with Crippen LogP contribution in [0.4, 0.5) is 10.2 Å². The summed E-state index contributed by atoms with van der Waals surface area (Å²) < 4.78 is 23.2. The van der Waals surface area contributed by atoms with Crippen molar-refractivity contribution in [2.45, 2.75) is 62.4 Å². The number of amides is 1. The molecule has 0 N–H and O–H groups in total. The lowest BCUT2D eigenvalue weighted by molar-refractivity contribution is -0.128. The van der Waals surface area contributed by atoms with E-state index in [-0.39, 0.29) is 41.3 Å². The van der Waals surface area contributed by atoms with Gasteiger partial charge in [-0.05, 0) is 92.3 Å². The first-order valence-corrected chi connectivity index (χ1v) is 16.0. The molecular formula is C35H37FN6O2. The van der Waals surface area contributed by atoms with Gasteiger partial charge in [-0.3, -0.25) is 9.69 Å². The number of carbonyl (C=O) groups is 1. The second-order valence-corrected chi connectivity index (χ2v) is 13.2. The number of halogens is 1. The van der Waals surface area contributed by atoms with Crippen molar-refractivity contribution in [2.24, 2.45) is 5.92 Å². The number of rotatable bonds is 7. The third kappa shape index (κ3) is 4.37. The summed E-state index contributed by atoms with van der Waals surface area (Å²) in [6.45, 7) is 7.59. The molecule has 226 valence electrons. The minimum atomic E-state index is -0.357. The van der Waals surface area contributed by atoms with Gasteiger partial charge in [0.25, 0.3) is 0 Å². The molecule has 2 aliphatic carbocycles. The molecule has 4 fully saturated rings. The molecule has 5 aliphatic rings. The van der Waals surface area contributed by atoms with Crippen LogP contribution in [0.15, 0.2) is 43.0 Å². The van der Waals surface area contributed by atoms with E-state index >= 15 is 4.39 Å². The average Bonchev–Trinajstić information content (AvgIpc) is 3.33. The number of hydrogen-bond acceptors (Lipinski definition) is 7. The zero-order chi connectivity index (χ0) is 30.0. The topological polar surface area (TPSA) is 85.6 Å². The van der Waals surface area contributed by atoms with Crippen molar-refractivity contribution in [1.29, 1.82) is 5.26 Å². The van der Waals surface area contributed by atoms with Crippen molar-refractivity contribution >= 4 is 22.6 Å². The van der Waals surface area contributed by atoms with Crippen LogP contribution >= 0.6 is 0 Å². The largest absolute Gasteiger partial charge is 0.461 e. The monoisotopic (exact) mass is 592 g/mol. The number of carbonyl (C=O) groups excluding carboxylic acids is 1. The van der Waals surface area contributed by atoms with Gasteiger partial charge in [0.15, 0.2) is 5.82 Å². The minimum absolute atomic E-state index is 0.00115. The number of aromatic nitrogens is 2. The Morgan fingerprint density at radius 1 is 1.14 bits per heavy atom. The van der Waals surface area contributed by atoms with Crippen LogP contribution < -0.4 is 9.64 Å². The van der Waals surface area contributed by atoms with Crippen LogP contribution in [0, 0.1) is 23.1 Å². The van der Waals surface area contributed by atoms with Gasteiger partial charge in [0.1, 0.15) is 17.9 Å². The zero-order valence-corrected chi connectivity index (χ0v) is 25.0. The molecule has 1 aromatic heterocycles.